The molecule has 0 radical (unpaired) electrons. The van der Waals surface area contributed by atoms with Crippen molar-refractivity contribution in [2.24, 2.45) is 0 Å². The van der Waals surface area contributed by atoms with Crippen LogP contribution >= 0.6 is 27.7 Å². The zero-order chi connectivity index (χ0) is 13.9. The topological polar surface area (TPSA) is 47.3 Å². The number of hydrogen-bond acceptors (Lipinski definition) is 4. The van der Waals surface area contributed by atoms with Gasteiger partial charge in [-0.05, 0) is 29.8 Å². The number of rotatable bonds is 3. The Balaban J connectivity index is 1.84. The van der Waals surface area contributed by atoms with Gasteiger partial charge in [-0.1, -0.05) is 45.9 Å². The molecule has 2 aromatic heterocycles. The van der Waals surface area contributed by atoms with Gasteiger partial charge in [-0.2, -0.15) is 4.98 Å². The minimum atomic E-state index is -0.297. The van der Waals surface area contributed by atoms with Gasteiger partial charge < -0.3 is 0 Å². The lowest BCUT2D eigenvalue weighted by molar-refractivity contribution is 0.846. The number of fused-ring (bicyclic) bond motifs is 1. The summed E-state index contributed by atoms with van der Waals surface area (Å²) in [5.74, 6) is 0.732. The Morgan fingerprint density at radius 1 is 1.10 bits per heavy atom. The molecular formula is C14H10BrN3OS. The van der Waals surface area contributed by atoms with Gasteiger partial charge >= 0.3 is 5.69 Å². The number of pyridine rings is 1. The van der Waals surface area contributed by atoms with Crippen LogP contribution in [0.5, 0.6) is 0 Å². The van der Waals surface area contributed by atoms with Crippen LogP contribution in [0.15, 0.2) is 63.1 Å². The van der Waals surface area contributed by atoms with Crippen molar-refractivity contribution >= 4 is 33.3 Å². The maximum atomic E-state index is 11.8. The van der Waals surface area contributed by atoms with Crippen molar-refractivity contribution in [3.05, 3.63) is 69.2 Å². The van der Waals surface area contributed by atoms with Crippen LogP contribution in [0.4, 0.5) is 0 Å². The van der Waals surface area contributed by atoms with Crippen molar-refractivity contribution in [3.63, 3.8) is 0 Å². The average Bonchev–Trinajstić information content (AvgIpc) is 2.47. The summed E-state index contributed by atoms with van der Waals surface area (Å²) in [6.07, 6.45) is 1.67. The van der Waals surface area contributed by atoms with Crippen molar-refractivity contribution in [1.29, 1.82) is 0 Å². The average molecular weight is 348 g/mol. The van der Waals surface area contributed by atoms with E-state index in [-0.39, 0.29) is 5.69 Å². The molecule has 0 saturated carbocycles. The third kappa shape index (κ3) is 2.91. The van der Waals surface area contributed by atoms with Crippen molar-refractivity contribution < 1.29 is 0 Å². The molecule has 0 saturated heterocycles. The number of benzene rings is 1. The zero-order valence-corrected chi connectivity index (χ0v) is 12.8. The van der Waals surface area contributed by atoms with Crippen molar-refractivity contribution in [1.82, 2.24) is 14.4 Å². The first-order valence-corrected chi connectivity index (χ1v) is 7.73. The summed E-state index contributed by atoms with van der Waals surface area (Å²) in [6, 6.07) is 13.5. The van der Waals surface area contributed by atoms with E-state index >= 15 is 0 Å². The van der Waals surface area contributed by atoms with Crippen LogP contribution in [0, 0.1) is 0 Å². The lowest BCUT2D eigenvalue weighted by Gasteiger charge is -2.03. The lowest BCUT2D eigenvalue weighted by Crippen LogP contribution is -2.18. The smallest absolute Gasteiger partial charge is 0.251 e. The summed E-state index contributed by atoms with van der Waals surface area (Å²) >= 11 is 4.86. The van der Waals surface area contributed by atoms with E-state index in [4.69, 9.17) is 0 Å². The van der Waals surface area contributed by atoms with Gasteiger partial charge in [0.25, 0.3) is 0 Å². The quantitative estimate of drug-likeness (QED) is 0.683. The minimum absolute atomic E-state index is 0.297. The fourth-order valence-electron chi connectivity index (χ4n) is 1.74. The first kappa shape index (κ1) is 13.3. The number of aromatic nitrogens is 3. The predicted octanol–water partition coefficient (Wildman–Crippen LogP) is 3.14. The molecule has 3 aromatic rings. The number of nitrogens with zero attached hydrogens (tertiary/aromatic N) is 3. The highest BCUT2D eigenvalue weighted by Crippen LogP contribution is 2.20. The lowest BCUT2D eigenvalue weighted by atomic mass is 10.2. The molecule has 0 aliphatic rings. The maximum absolute atomic E-state index is 11.8. The second-order valence-corrected chi connectivity index (χ2v) is 5.99. The van der Waals surface area contributed by atoms with Crippen LogP contribution in [0.1, 0.15) is 5.56 Å². The van der Waals surface area contributed by atoms with Crippen LogP contribution in [0.2, 0.25) is 0 Å². The molecule has 0 fully saturated rings. The summed E-state index contributed by atoms with van der Waals surface area (Å²) < 4.78 is 2.48. The molecule has 20 heavy (non-hydrogen) atoms. The van der Waals surface area contributed by atoms with Gasteiger partial charge in [0.15, 0.2) is 5.16 Å². The van der Waals surface area contributed by atoms with Gasteiger partial charge in [0.2, 0.25) is 0 Å². The highest BCUT2D eigenvalue weighted by molar-refractivity contribution is 9.10. The van der Waals surface area contributed by atoms with Crippen LogP contribution in [0.25, 0.3) is 5.65 Å². The molecule has 4 nitrogen and oxygen atoms in total. The second-order valence-electron chi connectivity index (χ2n) is 4.13. The molecule has 0 aliphatic carbocycles. The van der Waals surface area contributed by atoms with E-state index in [1.807, 2.05) is 30.3 Å². The largest absolute Gasteiger partial charge is 0.355 e. The third-order valence-electron chi connectivity index (χ3n) is 2.73. The molecule has 3 rings (SSSR count). The Morgan fingerprint density at radius 2 is 1.90 bits per heavy atom. The molecule has 2 heterocycles. The van der Waals surface area contributed by atoms with Gasteiger partial charge in [-0.25, -0.2) is 9.78 Å². The van der Waals surface area contributed by atoms with Crippen molar-refractivity contribution in [2.45, 2.75) is 10.9 Å². The molecule has 0 aliphatic heterocycles. The monoisotopic (exact) mass is 347 g/mol. The van der Waals surface area contributed by atoms with Gasteiger partial charge in [-0.15, -0.1) is 0 Å². The van der Waals surface area contributed by atoms with Gasteiger partial charge in [0.05, 0.1) is 0 Å². The second kappa shape index (κ2) is 5.76. The summed E-state index contributed by atoms with van der Waals surface area (Å²) in [4.78, 5) is 20.2. The molecule has 0 unspecified atom stereocenters. The van der Waals surface area contributed by atoms with Gasteiger partial charge in [0, 0.05) is 16.4 Å². The van der Waals surface area contributed by atoms with Crippen LogP contribution in [-0.2, 0) is 5.75 Å². The number of halogens is 1. The van der Waals surface area contributed by atoms with Gasteiger partial charge in [-0.3, -0.25) is 4.40 Å². The standard InChI is InChI=1S/C14H10BrN3OS/c15-11-6-4-10(5-7-11)9-20-13-16-12-3-1-2-8-18(12)14(19)17-13/h1-8H,9H2. The first-order chi connectivity index (χ1) is 9.72. The summed E-state index contributed by atoms with van der Waals surface area (Å²) in [6.45, 7) is 0. The van der Waals surface area contributed by atoms with E-state index in [9.17, 15) is 4.79 Å². The van der Waals surface area contributed by atoms with E-state index < -0.39 is 0 Å². The number of thioether (sulfide) groups is 1. The highest BCUT2D eigenvalue weighted by Gasteiger charge is 2.04. The summed E-state index contributed by atoms with van der Waals surface area (Å²) in [5.41, 5.74) is 1.48. The van der Waals surface area contributed by atoms with E-state index in [1.165, 1.54) is 16.2 Å². The van der Waals surface area contributed by atoms with Crippen LogP contribution < -0.4 is 5.69 Å². The fourth-order valence-corrected chi connectivity index (χ4v) is 2.79. The van der Waals surface area contributed by atoms with Crippen molar-refractivity contribution in [3.8, 4) is 0 Å². The Hall–Kier alpha value is -1.66. The molecule has 0 N–H and O–H groups in total. The highest BCUT2D eigenvalue weighted by atomic mass is 79.9. The normalized spacial score (nSPS) is 10.8. The molecule has 0 atom stereocenters. The zero-order valence-electron chi connectivity index (χ0n) is 10.4. The van der Waals surface area contributed by atoms with Gasteiger partial charge in [0.1, 0.15) is 5.65 Å². The molecule has 0 amide bonds. The molecule has 100 valence electrons. The molecule has 0 bridgehead atoms. The minimum Gasteiger partial charge on any atom is -0.251 e. The maximum Gasteiger partial charge on any atom is 0.355 e. The third-order valence-corrected chi connectivity index (χ3v) is 4.17. The summed E-state index contributed by atoms with van der Waals surface area (Å²) in [7, 11) is 0. The Kier molecular flexibility index (Phi) is 3.84. The Labute approximate surface area is 128 Å². The van der Waals surface area contributed by atoms with E-state index in [0.717, 1.165) is 15.8 Å². The van der Waals surface area contributed by atoms with Crippen molar-refractivity contribution in [2.75, 3.05) is 0 Å². The number of hydrogen-bond donors (Lipinski definition) is 0. The SMILES string of the molecule is O=c1nc(SCc2ccc(Br)cc2)nc2ccccn12. The van der Waals surface area contributed by atoms with Crippen LogP contribution in [0.3, 0.4) is 0 Å². The van der Waals surface area contributed by atoms with E-state index in [2.05, 4.69) is 25.9 Å². The first-order valence-electron chi connectivity index (χ1n) is 5.95. The Bertz CT molecular complexity index is 801. The molecule has 6 heteroatoms. The molecule has 1 aromatic carbocycles. The molecular weight excluding hydrogens is 338 g/mol. The fraction of sp³-hybridized carbons (Fsp3) is 0.0714. The molecule has 0 spiro atoms. The predicted molar refractivity (Wildman–Crippen MR) is 83.0 cm³/mol. The van der Waals surface area contributed by atoms with Crippen LogP contribution in [-0.4, -0.2) is 14.4 Å². The van der Waals surface area contributed by atoms with E-state index in [0.29, 0.717) is 10.8 Å². The summed E-state index contributed by atoms with van der Waals surface area (Å²) in [5, 5.41) is 0.504. The Morgan fingerprint density at radius 3 is 2.70 bits per heavy atom. The van der Waals surface area contributed by atoms with E-state index in [1.54, 1.807) is 18.3 Å².